The molecule has 0 aliphatic rings. The maximum absolute atomic E-state index is 5.34. The third kappa shape index (κ3) is 6.68. The average Bonchev–Trinajstić information content (AvgIpc) is 3.95. The van der Waals surface area contributed by atoms with E-state index in [1.54, 1.807) is 0 Å². The largest absolute Gasteiger partial charge is 0.307 e. The molecule has 0 unspecified atom stereocenters. The predicted molar refractivity (Wildman–Crippen MR) is 281 cm³/mol. The first-order valence-corrected chi connectivity index (χ1v) is 23.0. The summed E-state index contributed by atoms with van der Waals surface area (Å²) in [7, 11) is 0. The van der Waals surface area contributed by atoms with E-state index in [4.69, 9.17) is 15.0 Å². The summed E-state index contributed by atoms with van der Waals surface area (Å²) in [6.45, 7) is 0. The van der Waals surface area contributed by atoms with Gasteiger partial charge in [-0.05, 0) is 64.2 Å². The van der Waals surface area contributed by atoms with Crippen LogP contribution in [0.5, 0.6) is 0 Å². The van der Waals surface area contributed by atoms with E-state index >= 15 is 0 Å². The number of aromatic nitrogens is 5. The van der Waals surface area contributed by atoms with Crippen molar-refractivity contribution in [2.45, 2.75) is 0 Å². The topological polar surface area (TPSA) is 48.5 Å². The zero-order valence-corrected chi connectivity index (χ0v) is 36.9. The zero-order valence-electron chi connectivity index (χ0n) is 36.9. The van der Waals surface area contributed by atoms with Gasteiger partial charge in [-0.25, -0.2) is 15.0 Å². The second kappa shape index (κ2) is 16.4. The van der Waals surface area contributed by atoms with Crippen molar-refractivity contribution in [1.29, 1.82) is 0 Å². The number of para-hydroxylation sites is 4. The van der Waals surface area contributed by atoms with Crippen LogP contribution in [0.4, 0.5) is 0 Å². The summed E-state index contributed by atoms with van der Waals surface area (Å²) < 4.78 is 4.90. The van der Waals surface area contributed by atoms with E-state index in [1.807, 2.05) is 12.1 Å². The molecule has 0 amide bonds. The Morgan fingerprint density at radius 2 is 0.632 bits per heavy atom. The van der Waals surface area contributed by atoms with Crippen LogP contribution in [0.1, 0.15) is 0 Å². The number of nitrogens with zero attached hydrogens (tertiary/aromatic N) is 5. The van der Waals surface area contributed by atoms with Crippen LogP contribution in [0.3, 0.4) is 0 Å². The van der Waals surface area contributed by atoms with Gasteiger partial charge >= 0.3 is 0 Å². The fraction of sp³-hybridized carbons (Fsp3) is 0. The van der Waals surface area contributed by atoms with E-state index in [9.17, 15) is 0 Å². The van der Waals surface area contributed by atoms with E-state index < -0.39 is 0 Å². The van der Waals surface area contributed by atoms with Crippen molar-refractivity contribution in [2.24, 2.45) is 0 Å². The minimum absolute atomic E-state index is 0.589. The number of hydrogen-bond acceptors (Lipinski definition) is 3. The Bertz CT molecular complexity index is 3950. The molecule has 3 aromatic heterocycles. The molecule has 68 heavy (non-hydrogen) atoms. The molecule has 0 saturated carbocycles. The molecule has 0 radical (unpaired) electrons. The third-order valence-electron chi connectivity index (χ3n) is 13.2. The van der Waals surface area contributed by atoms with E-state index in [1.165, 1.54) is 21.5 Å². The SMILES string of the molecule is c1ccc(-c2ccc(-c3nc(-c4cccc(-c5ccccc5)c4)nc(-c4ccc(-c5ccccc5)c(-n5c6ccccc6c6cccc(-n7c8ccccc8c8ccccc87)c65)c4)n3)cc2)cc1. The van der Waals surface area contributed by atoms with Crippen molar-refractivity contribution in [3.63, 3.8) is 0 Å². The molecule has 0 fully saturated rings. The smallest absolute Gasteiger partial charge is 0.164 e. The van der Waals surface area contributed by atoms with Gasteiger partial charge in [0.25, 0.3) is 0 Å². The summed E-state index contributed by atoms with van der Waals surface area (Å²) in [4.78, 5) is 15.9. The van der Waals surface area contributed by atoms with Gasteiger partial charge in [-0.15, -0.1) is 0 Å². The van der Waals surface area contributed by atoms with Crippen LogP contribution in [0, 0.1) is 0 Å². The van der Waals surface area contributed by atoms with Gasteiger partial charge in [0.1, 0.15) is 0 Å². The molecule has 0 aliphatic heterocycles. The maximum atomic E-state index is 5.34. The van der Waals surface area contributed by atoms with Crippen molar-refractivity contribution in [3.8, 4) is 78.9 Å². The van der Waals surface area contributed by atoms with Crippen LogP contribution in [0.2, 0.25) is 0 Å². The molecule has 0 spiro atoms. The summed E-state index contributed by atoms with van der Waals surface area (Å²) in [6, 6.07) is 88.2. The molecule has 5 heteroatoms. The molecule has 318 valence electrons. The summed E-state index contributed by atoms with van der Waals surface area (Å²) in [6.07, 6.45) is 0. The van der Waals surface area contributed by atoms with Gasteiger partial charge < -0.3 is 9.13 Å². The van der Waals surface area contributed by atoms with Gasteiger partial charge in [0.15, 0.2) is 17.5 Å². The Hall–Kier alpha value is -9.19. The van der Waals surface area contributed by atoms with Crippen LogP contribution in [-0.4, -0.2) is 24.1 Å². The Morgan fingerprint density at radius 1 is 0.235 bits per heavy atom. The molecule has 0 N–H and O–H groups in total. The molecule has 13 aromatic rings. The normalized spacial score (nSPS) is 11.5. The number of hydrogen-bond donors (Lipinski definition) is 0. The number of fused-ring (bicyclic) bond motifs is 6. The maximum Gasteiger partial charge on any atom is 0.164 e. The van der Waals surface area contributed by atoms with Crippen molar-refractivity contribution in [3.05, 3.63) is 249 Å². The summed E-state index contributed by atoms with van der Waals surface area (Å²) in [5.74, 6) is 1.80. The Morgan fingerprint density at radius 3 is 1.25 bits per heavy atom. The second-order valence-electron chi connectivity index (χ2n) is 17.2. The van der Waals surface area contributed by atoms with Gasteiger partial charge in [-0.3, -0.25) is 0 Å². The third-order valence-corrected chi connectivity index (χ3v) is 13.2. The highest BCUT2D eigenvalue weighted by atomic mass is 15.1. The lowest BCUT2D eigenvalue weighted by atomic mass is 10.00. The lowest BCUT2D eigenvalue weighted by Crippen LogP contribution is -2.04. The van der Waals surface area contributed by atoms with Crippen molar-refractivity contribution in [2.75, 3.05) is 0 Å². The highest BCUT2D eigenvalue weighted by Gasteiger charge is 2.23. The quantitative estimate of drug-likeness (QED) is 0.153. The van der Waals surface area contributed by atoms with E-state index in [-0.39, 0.29) is 0 Å². The molecule has 0 saturated heterocycles. The predicted octanol–water partition coefficient (Wildman–Crippen LogP) is 16.1. The Balaban J connectivity index is 1.07. The molecule has 0 bridgehead atoms. The fourth-order valence-corrected chi connectivity index (χ4v) is 10.0. The summed E-state index contributed by atoms with van der Waals surface area (Å²) in [5, 5.41) is 4.79. The van der Waals surface area contributed by atoms with Crippen molar-refractivity contribution >= 4 is 43.6 Å². The van der Waals surface area contributed by atoms with Crippen LogP contribution < -0.4 is 0 Å². The second-order valence-corrected chi connectivity index (χ2v) is 17.2. The monoisotopic (exact) mass is 867 g/mol. The number of benzene rings is 10. The van der Waals surface area contributed by atoms with Crippen LogP contribution >= 0.6 is 0 Å². The van der Waals surface area contributed by atoms with Gasteiger partial charge in [0.05, 0.1) is 33.4 Å². The molecule has 5 nitrogen and oxygen atoms in total. The molecular formula is C63H41N5. The molecule has 0 aliphatic carbocycles. The van der Waals surface area contributed by atoms with Gasteiger partial charge in [-0.2, -0.15) is 0 Å². The van der Waals surface area contributed by atoms with Crippen molar-refractivity contribution in [1.82, 2.24) is 24.1 Å². The first kappa shape index (κ1) is 39.2. The first-order valence-electron chi connectivity index (χ1n) is 23.0. The van der Waals surface area contributed by atoms with E-state index in [0.717, 1.165) is 83.5 Å². The van der Waals surface area contributed by atoms with Gasteiger partial charge in [0, 0.05) is 43.8 Å². The van der Waals surface area contributed by atoms with Crippen molar-refractivity contribution < 1.29 is 0 Å². The summed E-state index contributed by atoms with van der Waals surface area (Å²) in [5.41, 5.74) is 16.1. The fourth-order valence-electron chi connectivity index (χ4n) is 10.0. The minimum atomic E-state index is 0.589. The van der Waals surface area contributed by atoms with Crippen LogP contribution in [0.15, 0.2) is 249 Å². The van der Waals surface area contributed by atoms with Gasteiger partial charge in [0.2, 0.25) is 0 Å². The lowest BCUT2D eigenvalue weighted by Gasteiger charge is -2.18. The highest BCUT2D eigenvalue weighted by Crippen LogP contribution is 2.42. The zero-order chi connectivity index (χ0) is 45.0. The Labute approximate surface area is 393 Å². The molecule has 10 aromatic carbocycles. The van der Waals surface area contributed by atoms with Crippen LogP contribution in [0.25, 0.3) is 123 Å². The standard InChI is InChI=1S/C63H41N5/c1-4-18-42(19-5-1)44-34-36-46(37-35-44)61-64-62(48-25-16-24-47(40-48)43-20-6-2-7-21-43)66-63(65-61)49-38-39-50(45-22-8-3-9-23-45)59(41-49)68-57-32-15-12-28-53(57)54-29-17-33-58(60(54)68)67-55-30-13-10-26-51(55)52-27-11-14-31-56(52)67/h1-41H. The average molecular weight is 868 g/mol. The molecule has 0 atom stereocenters. The first-order chi connectivity index (χ1) is 33.7. The highest BCUT2D eigenvalue weighted by molar-refractivity contribution is 6.15. The molecule has 3 heterocycles. The lowest BCUT2D eigenvalue weighted by molar-refractivity contribution is 1.07. The van der Waals surface area contributed by atoms with E-state index in [2.05, 4.69) is 246 Å². The van der Waals surface area contributed by atoms with E-state index in [0.29, 0.717) is 17.5 Å². The minimum Gasteiger partial charge on any atom is -0.307 e. The molecular weight excluding hydrogens is 827 g/mol. The number of rotatable bonds is 8. The molecule has 13 rings (SSSR count). The van der Waals surface area contributed by atoms with Crippen LogP contribution in [-0.2, 0) is 0 Å². The summed E-state index contributed by atoms with van der Waals surface area (Å²) >= 11 is 0. The van der Waals surface area contributed by atoms with Gasteiger partial charge in [-0.1, -0.05) is 212 Å². The Kier molecular flexibility index (Phi) is 9.43.